The second-order valence-corrected chi connectivity index (χ2v) is 27.9. The summed E-state index contributed by atoms with van der Waals surface area (Å²) in [7, 11) is 6.40. The smallest absolute Gasteiger partial charge is 0.213 e. The molecular formula is C86H85N6+3. The van der Waals surface area contributed by atoms with Gasteiger partial charge in [0.1, 0.15) is 21.1 Å². The predicted octanol–water partition coefficient (Wildman–Crippen LogP) is 19.1. The zero-order valence-electron chi connectivity index (χ0n) is 56.8. The van der Waals surface area contributed by atoms with Crippen LogP contribution in [0.5, 0.6) is 0 Å². The van der Waals surface area contributed by atoms with Crippen LogP contribution in [0.4, 0.5) is 0 Å². The Morgan fingerprint density at radius 2 is 0.609 bits per heavy atom. The molecule has 3 aliphatic rings. The Hall–Kier alpha value is -9.78. The van der Waals surface area contributed by atoms with E-state index < -0.39 is 0 Å². The van der Waals surface area contributed by atoms with Crippen LogP contribution in [0.25, 0.3) is 101 Å². The van der Waals surface area contributed by atoms with Crippen LogP contribution in [0.2, 0.25) is 0 Å². The number of rotatable bonds is 6. The number of hydrogen-bond acceptors (Lipinski definition) is 3. The molecule has 6 aromatic heterocycles. The summed E-state index contributed by atoms with van der Waals surface area (Å²) in [5.41, 5.74) is 39.8. The second kappa shape index (κ2) is 23.2. The van der Waals surface area contributed by atoms with Crippen molar-refractivity contribution in [2.24, 2.45) is 21.1 Å². The van der Waals surface area contributed by atoms with Crippen LogP contribution in [-0.2, 0) is 37.4 Å². The molecule has 0 spiro atoms. The topological polar surface area (TPSA) is 50.3 Å². The lowest BCUT2D eigenvalue weighted by Gasteiger charge is -2.21. The number of pyridine rings is 6. The van der Waals surface area contributed by atoms with Gasteiger partial charge in [-0.1, -0.05) is 168 Å². The van der Waals surface area contributed by atoms with E-state index in [0.717, 1.165) is 17.1 Å². The van der Waals surface area contributed by atoms with Crippen molar-refractivity contribution in [3.05, 3.63) is 285 Å². The van der Waals surface area contributed by atoms with Crippen molar-refractivity contribution in [1.29, 1.82) is 0 Å². The Bertz CT molecular complexity index is 4720. The first-order chi connectivity index (χ1) is 43.9. The van der Waals surface area contributed by atoms with Crippen LogP contribution in [-0.4, -0.2) is 15.0 Å². The van der Waals surface area contributed by atoms with Gasteiger partial charge in [-0.25, -0.2) is 13.7 Å². The molecule has 92 heavy (non-hydrogen) atoms. The molecule has 0 radical (unpaired) electrons. The van der Waals surface area contributed by atoms with Crippen molar-refractivity contribution in [3.63, 3.8) is 0 Å². The fraction of sp³-hybridized carbons (Fsp3) is 0.233. The largest absolute Gasteiger partial charge is 0.257 e. The molecule has 0 bridgehead atoms. The molecule has 6 aromatic carbocycles. The van der Waals surface area contributed by atoms with Crippen molar-refractivity contribution in [1.82, 2.24) is 15.0 Å². The summed E-state index contributed by atoms with van der Waals surface area (Å²) in [6, 6.07) is 68.9. The molecule has 3 aliphatic carbocycles. The van der Waals surface area contributed by atoms with Crippen molar-refractivity contribution >= 4 is 0 Å². The molecule has 0 atom stereocenters. The van der Waals surface area contributed by atoms with Gasteiger partial charge in [0.2, 0.25) is 17.1 Å². The lowest BCUT2D eigenvalue weighted by atomic mass is 9.83. The summed E-state index contributed by atoms with van der Waals surface area (Å²) < 4.78 is 6.70. The second-order valence-electron chi connectivity index (χ2n) is 27.9. The van der Waals surface area contributed by atoms with E-state index in [4.69, 9.17) is 15.0 Å². The minimum atomic E-state index is -0.105. The lowest BCUT2D eigenvalue weighted by Crippen LogP contribution is -2.31. The molecule has 0 saturated carbocycles. The van der Waals surface area contributed by atoms with E-state index in [1.54, 1.807) is 0 Å². The standard InChI is InChI=1S/2C29H29N2.C28H27N2/c2*1-18-7-10-21(11-8-18)22-13-14-31(6)27(16-22)24-17-26-25(15-19(24)2)23-12-9-20(3)30-28(23)29(26,4)5;1-18-15-24-22-13-11-19(2)29-27(22)28(3,4)25(24)16-23(18)26-14-12-21(17-30(26)5)20-9-7-6-8-10-20/h2*7-17H,1-6H3;6-17H,1-5H3/q3*+1. The molecular weight excluding hydrogens is 1120 g/mol. The first-order valence-corrected chi connectivity index (χ1v) is 32.5. The van der Waals surface area contributed by atoms with Crippen LogP contribution in [0.15, 0.2) is 207 Å². The quantitative estimate of drug-likeness (QED) is 0.156. The number of fused-ring (bicyclic) bond motifs is 9. The molecule has 12 aromatic rings. The van der Waals surface area contributed by atoms with Gasteiger partial charge in [-0.2, -0.15) is 0 Å². The summed E-state index contributed by atoms with van der Waals surface area (Å²) >= 11 is 0. The van der Waals surface area contributed by atoms with Crippen molar-refractivity contribution < 1.29 is 13.7 Å². The maximum atomic E-state index is 4.93. The molecule has 0 saturated heterocycles. The van der Waals surface area contributed by atoms with E-state index >= 15 is 0 Å². The van der Waals surface area contributed by atoms with Gasteiger partial charge in [-0.3, -0.25) is 15.0 Å². The van der Waals surface area contributed by atoms with E-state index in [0.29, 0.717) is 0 Å². The van der Waals surface area contributed by atoms with E-state index in [1.807, 2.05) is 0 Å². The third-order valence-electron chi connectivity index (χ3n) is 20.0. The number of hydrogen-bond donors (Lipinski definition) is 0. The highest BCUT2D eigenvalue weighted by Gasteiger charge is 2.41. The number of nitrogens with zero attached hydrogens (tertiary/aromatic N) is 6. The van der Waals surface area contributed by atoms with Gasteiger partial charge >= 0.3 is 0 Å². The van der Waals surface area contributed by atoms with E-state index in [1.165, 1.54) is 162 Å². The van der Waals surface area contributed by atoms with E-state index in [-0.39, 0.29) is 16.2 Å². The molecule has 15 rings (SSSR count). The van der Waals surface area contributed by atoms with Crippen LogP contribution in [0.1, 0.15) is 120 Å². The molecule has 0 amide bonds. The van der Waals surface area contributed by atoms with Crippen LogP contribution < -0.4 is 13.7 Å². The van der Waals surface area contributed by atoms with Crippen molar-refractivity contribution in [3.8, 4) is 101 Å². The molecule has 6 heterocycles. The zero-order valence-corrected chi connectivity index (χ0v) is 56.8. The van der Waals surface area contributed by atoms with Crippen LogP contribution in [0.3, 0.4) is 0 Å². The highest BCUT2D eigenvalue weighted by molar-refractivity contribution is 5.87. The fourth-order valence-electron chi connectivity index (χ4n) is 14.5. The van der Waals surface area contributed by atoms with Gasteiger partial charge in [0.05, 0.1) is 17.1 Å². The Morgan fingerprint density at radius 3 is 0.967 bits per heavy atom. The first-order valence-electron chi connectivity index (χ1n) is 32.5. The van der Waals surface area contributed by atoms with E-state index in [2.05, 4.69) is 338 Å². The van der Waals surface area contributed by atoms with Crippen molar-refractivity contribution in [2.45, 2.75) is 113 Å². The normalized spacial score (nSPS) is 13.8. The van der Waals surface area contributed by atoms with Gasteiger partial charge < -0.3 is 0 Å². The minimum Gasteiger partial charge on any atom is -0.257 e. The zero-order chi connectivity index (χ0) is 64.9. The number of aryl methyl sites for hydroxylation is 11. The lowest BCUT2D eigenvalue weighted by molar-refractivity contribution is -0.660. The van der Waals surface area contributed by atoms with Crippen LogP contribution in [0, 0.1) is 55.4 Å². The molecule has 0 fully saturated rings. The van der Waals surface area contributed by atoms with Gasteiger partial charge in [-0.15, -0.1) is 0 Å². The summed E-state index contributed by atoms with van der Waals surface area (Å²) in [6.07, 6.45) is 6.56. The maximum Gasteiger partial charge on any atom is 0.213 e. The Kier molecular flexibility index (Phi) is 15.4. The average molecular weight is 1200 g/mol. The monoisotopic (exact) mass is 1200 g/mol. The number of benzene rings is 6. The summed E-state index contributed by atoms with van der Waals surface area (Å²) in [4.78, 5) is 14.8. The summed E-state index contributed by atoms with van der Waals surface area (Å²) in [6.45, 7) is 30.9. The van der Waals surface area contributed by atoms with Crippen molar-refractivity contribution in [2.75, 3.05) is 0 Å². The average Bonchev–Trinajstić information content (AvgIpc) is 1.59. The number of aromatic nitrogens is 6. The third-order valence-corrected chi connectivity index (χ3v) is 20.0. The van der Waals surface area contributed by atoms with E-state index in [9.17, 15) is 0 Å². The Labute approximate surface area is 545 Å². The van der Waals surface area contributed by atoms with Crippen LogP contribution >= 0.6 is 0 Å². The highest BCUT2D eigenvalue weighted by atomic mass is 14.9. The predicted molar refractivity (Wildman–Crippen MR) is 379 cm³/mol. The molecule has 0 aliphatic heterocycles. The Balaban J connectivity index is 0.000000126. The van der Waals surface area contributed by atoms with Gasteiger partial charge in [0.25, 0.3) is 0 Å². The van der Waals surface area contributed by atoms with Gasteiger partial charge in [0, 0.05) is 103 Å². The molecule has 6 nitrogen and oxygen atoms in total. The molecule has 0 unspecified atom stereocenters. The SMILES string of the molecule is Cc1ccc(-c2cc[n+](C)c(-c3cc4c(cc3C)-c3ccc(C)nc3C4(C)C)c2)cc1.Cc1ccc(-c2cc[n+](C)c(-c3cc4c(cc3C)-c3ccc(C)nc3C4(C)C)c2)cc1.Cc1ccc2c(n1)C(C)(C)c1cc(-c3ccc(-c4ccccc4)c[n+]3C)c(C)cc1-2. The first kappa shape index (κ1) is 61.1. The van der Waals surface area contributed by atoms with Gasteiger partial charge in [0.15, 0.2) is 18.6 Å². The highest BCUT2D eigenvalue weighted by Crippen LogP contribution is 2.52. The Morgan fingerprint density at radius 1 is 0.272 bits per heavy atom. The maximum absolute atomic E-state index is 4.93. The molecule has 6 heteroatoms. The summed E-state index contributed by atoms with van der Waals surface area (Å²) in [5.74, 6) is 0. The molecule has 456 valence electrons. The minimum absolute atomic E-state index is 0.0955. The van der Waals surface area contributed by atoms with Gasteiger partial charge in [-0.05, 0) is 176 Å². The molecule has 0 N–H and O–H groups in total. The third kappa shape index (κ3) is 10.8. The summed E-state index contributed by atoms with van der Waals surface area (Å²) in [5, 5.41) is 0. The fourth-order valence-corrected chi connectivity index (χ4v) is 14.5.